The number of aromatic nitrogens is 2. The van der Waals surface area contributed by atoms with Gasteiger partial charge in [-0.3, -0.25) is 4.79 Å². The lowest BCUT2D eigenvalue weighted by molar-refractivity contribution is 0.0982. The number of carbonyl (C=O) groups is 1. The molecule has 0 N–H and O–H groups in total. The van der Waals surface area contributed by atoms with Gasteiger partial charge in [-0.1, -0.05) is 17.2 Å². The highest BCUT2D eigenvalue weighted by molar-refractivity contribution is 5.96. The van der Waals surface area contributed by atoms with Gasteiger partial charge >= 0.3 is 0 Å². The van der Waals surface area contributed by atoms with E-state index in [0.29, 0.717) is 12.8 Å². The van der Waals surface area contributed by atoms with Crippen LogP contribution in [0.4, 0.5) is 0 Å². The molecule has 0 aliphatic heterocycles. The Morgan fingerprint density at radius 2 is 1.89 bits per heavy atom. The van der Waals surface area contributed by atoms with E-state index in [-0.39, 0.29) is 5.78 Å². The van der Waals surface area contributed by atoms with Crippen molar-refractivity contribution in [2.24, 2.45) is 7.05 Å². The molecular formula is C15H18N2O. The molecule has 3 heteroatoms. The molecule has 0 bridgehead atoms. The highest BCUT2D eigenvalue weighted by atomic mass is 16.1. The van der Waals surface area contributed by atoms with E-state index >= 15 is 0 Å². The van der Waals surface area contributed by atoms with Gasteiger partial charge in [0.25, 0.3) is 0 Å². The molecular weight excluding hydrogens is 224 g/mol. The van der Waals surface area contributed by atoms with Crippen molar-refractivity contribution < 1.29 is 4.79 Å². The van der Waals surface area contributed by atoms with Gasteiger partial charge in [0.2, 0.25) is 0 Å². The van der Waals surface area contributed by atoms with Crippen LogP contribution in [0.3, 0.4) is 0 Å². The minimum atomic E-state index is 0.185. The maximum absolute atomic E-state index is 12.1. The zero-order chi connectivity index (χ0) is 13.1. The van der Waals surface area contributed by atoms with Crippen LogP contribution in [0.25, 0.3) is 0 Å². The van der Waals surface area contributed by atoms with Crippen molar-refractivity contribution in [3.8, 4) is 0 Å². The van der Waals surface area contributed by atoms with Crippen molar-refractivity contribution in [1.82, 2.24) is 9.55 Å². The number of rotatable bonds is 4. The second-order valence-electron chi connectivity index (χ2n) is 4.75. The van der Waals surface area contributed by atoms with Gasteiger partial charge in [0.05, 0.1) is 0 Å². The lowest BCUT2D eigenvalue weighted by Gasteiger charge is -2.05. The quantitative estimate of drug-likeness (QED) is 0.773. The second-order valence-corrected chi connectivity index (χ2v) is 4.75. The molecule has 0 saturated heterocycles. The van der Waals surface area contributed by atoms with Crippen LogP contribution in [0.2, 0.25) is 0 Å². The maximum atomic E-state index is 12.1. The normalized spacial score (nSPS) is 10.6. The van der Waals surface area contributed by atoms with Crippen LogP contribution in [0.5, 0.6) is 0 Å². The van der Waals surface area contributed by atoms with Gasteiger partial charge in [0, 0.05) is 37.8 Å². The first kappa shape index (κ1) is 12.6. The summed E-state index contributed by atoms with van der Waals surface area (Å²) in [6.45, 7) is 4.03. The summed E-state index contributed by atoms with van der Waals surface area (Å²) in [4.78, 5) is 16.3. The third kappa shape index (κ3) is 2.86. The number of aryl methyl sites for hydroxylation is 4. The number of imidazole rings is 1. The molecule has 1 aromatic carbocycles. The Bertz CT molecular complexity index is 549. The molecule has 18 heavy (non-hydrogen) atoms. The van der Waals surface area contributed by atoms with Crippen LogP contribution in [0.15, 0.2) is 30.6 Å². The Morgan fingerprint density at radius 1 is 1.22 bits per heavy atom. The first-order valence-electron chi connectivity index (χ1n) is 6.14. The predicted octanol–water partition coefficient (Wildman–Crippen LogP) is 2.85. The van der Waals surface area contributed by atoms with Gasteiger partial charge in [-0.05, 0) is 26.0 Å². The van der Waals surface area contributed by atoms with Crippen molar-refractivity contribution in [2.75, 3.05) is 0 Å². The van der Waals surface area contributed by atoms with Crippen LogP contribution in [0, 0.1) is 13.8 Å². The number of Topliss-reactive ketones (excluding diaryl/α,β-unsaturated/α-hetero) is 1. The molecule has 3 nitrogen and oxygen atoms in total. The summed E-state index contributed by atoms with van der Waals surface area (Å²) < 4.78 is 1.95. The molecule has 0 fully saturated rings. The molecule has 0 atom stereocenters. The van der Waals surface area contributed by atoms with Gasteiger partial charge in [-0.25, -0.2) is 4.98 Å². The second kappa shape index (κ2) is 5.17. The summed E-state index contributed by atoms with van der Waals surface area (Å²) in [6, 6.07) is 5.98. The lowest BCUT2D eigenvalue weighted by atomic mass is 10.0. The monoisotopic (exact) mass is 242 g/mol. The number of hydrogen-bond donors (Lipinski definition) is 0. The van der Waals surface area contributed by atoms with E-state index in [0.717, 1.165) is 22.5 Å². The Labute approximate surface area is 107 Å². The topological polar surface area (TPSA) is 34.9 Å². The number of carbonyl (C=O) groups excluding carboxylic acids is 1. The Morgan fingerprint density at radius 3 is 2.44 bits per heavy atom. The summed E-state index contributed by atoms with van der Waals surface area (Å²) in [5, 5.41) is 0. The van der Waals surface area contributed by atoms with E-state index in [4.69, 9.17) is 0 Å². The van der Waals surface area contributed by atoms with Crippen LogP contribution >= 0.6 is 0 Å². The average Bonchev–Trinajstić information content (AvgIpc) is 2.70. The molecule has 0 amide bonds. The molecule has 0 radical (unpaired) electrons. The van der Waals surface area contributed by atoms with Crippen molar-refractivity contribution in [3.63, 3.8) is 0 Å². The van der Waals surface area contributed by atoms with E-state index in [9.17, 15) is 4.79 Å². The number of ketones is 1. The van der Waals surface area contributed by atoms with E-state index in [2.05, 4.69) is 11.1 Å². The highest BCUT2D eigenvalue weighted by Gasteiger charge is 2.09. The van der Waals surface area contributed by atoms with Crippen molar-refractivity contribution in [2.45, 2.75) is 26.7 Å². The smallest absolute Gasteiger partial charge is 0.163 e. The molecule has 1 heterocycles. The summed E-state index contributed by atoms with van der Waals surface area (Å²) >= 11 is 0. The zero-order valence-corrected chi connectivity index (χ0v) is 11.1. The van der Waals surface area contributed by atoms with Crippen molar-refractivity contribution in [3.05, 3.63) is 53.1 Å². The SMILES string of the molecule is Cc1cc(C)cc(C(=O)CCc2nccn2C)c1. The molecule has 2 rings (SSSR count). The van der Waals surface area contributed by atoms with E-state index in [1.165, 1.54) is 0 Å². The van der Waals surface area contributed by atoms with Crippen molar-refractivity contribution in [1.29, 1.82) is 0 Å². The molecule has 1 aromatic heterocycles. The van der Waals surface area contributed by atoms with Gasteiger partial charge in [-0.15, -0.1) is 0 Å². The zero-order valence-electron chi connectivity index (χ0n) is 11.1. The summed E-state index contributed by atoms with van der Waals surface area (Å²) in [5.74, 6) is 1.14. The largest absolute Gasteiger partial charge is 0.338 e. The number of nitrogens with zero attached hydrogens (tertiary/aromatic N) is 2. The lowest BCUT2D eigenvalue weighted by Crippen LogP contribution is -2.05. The van der Waals surface area contributed by atoms with Gasteiger partial charge < -0.3 is 4.57 Å². The van der Waals surface area contributed by atoms with E-state index in [1.54, 1.807) is 6.20 Å². The average molecular weight is 242 g/mol. The Kier molecular flexibility index (Phi) is 3.60. The first-order valence-corrected chi connectivity index (χ1v) is 6.14. The standard InChI is InChI=1S/C15H18N2O/c1-11-8-12(2)10-13(9-11)14(18)4-5-15-16-6-7-17(15)3/h6-10H,4-5H2,1-3H3. The molecule has 0 aliphatic carbocycles. The summed E-state index contributed by atoms with van der Waals surface area (Å²) in [6.07, 6.45) is 4.86. The van der Waals surface area contributed by atoms with Crippen LogP contribution < -0.4 is 0 Å². The molecule has 0 saturated carbocycles. The van der Waals surface area contributed by atoms with E-state index < -0.39 is 0 Å². The molecule has 0 spiro atoms. The molecule has 2 aromatic rings. The summed E-state index contributed by atoms with van der Waals surface area (Å²) in [7, 11) is 1.95. The predicted molar refractivity (Wildman–Crippen MR) is 71.8 cm³/mol. The molecule has 94 valence electrons. The minimum Gasteiger partial charge on any atom is -0.338 e. The minimum absolute atomic E-state index is 0.185. The Balaban J connectivity index is 2.06. The van der Waals surface area contributed by atoms with Gasteiger partial charge in [-0.2, -0.15) is 0 Å². The van der Waals surface area contributed by atoms with Crippen LogP contribution in [0.1, 0.15) is 33.7 Å². The highest BCUT2D eigenvalue weighted by Crippen LogP contribution is 2.12. The number of hydrogen-bond acceptors (Lipinski definition) is 2. The van der Waals surface area contributed by atoms with Crippen molar-refractivity contribution >= 4 is 5.78 Å². The molecule has 0 aliphatic rings. The fourth-order valence-corrected chi connectivity index (χ4v) is 2.14. The molecule has 0 unspecified atom stereocenters. The van der Waals surface area contributed by atoms with Crippen LogP contribution in [-0.4, -0.2) is 15.3 Å². The Hall–Kier alpha value is -1.90. The summed E-state index contributed by atoms with van der Waals surface area (Å²) in [5.41, 5.74) is 3.08. The fourth-order valence-electron chi connectivity index (χ4n) is 2.14. The maximum Gasteiger partial charge on any atom is 0.163 e. The number of benzene rings is 1. The van der Waals surface area contributed by atoms with Gasteiger partial charge in [0.15, 0.2) is 5.78 Å². The fraction of sp³-hybridized carbons (Fsp3) is 0.333. The first-order chi connectivity index (χ1) is 8.56. The third-order valence-corrected chi connectivity index (χ3v) is 3.04. The van der Waals surface area contributed by atoms with Gasteiger partial charge in [0.1, 0.15) is 5.82 Å². The third-order valence-electron chi connectivity index (χ3n) is 3.04. The van der Waals surface area contributed by atoms with Crippen LogP contribution in [-0.2, 0) is 13.5 Å². The van der Waals surface area contributed by atoms with E-state index in [1.807, 2.05) is 43.8 Å².